The molecular weight excluding hydrogens is 348 g/mol. The van der Waals surface area contributed by atoms with Gasteiger partial charge < -0.3 is 15.3 Å². The predicted molar refractivity (Wildman–Crippen MR) is 114 cm³/mol. The molecule has 150 valence electrons. The Balaban J connectivity index is 1.73. The summed E-state index contributed by atoms with van der Waals surface area (Å²) in [7, 11) is 1.82. The molecule has 1 saturated carbocycles. The van der Waals surface area contributed by atoms with E-state index in [0.717, 1.165) is 31.4 Å². The third-order valence-electron chi connectivity index (χ3n) is 5.76. The number of nitrogens with zero attached hydrogens (tertiary/aromatic N) is 1. The monoisotopic (exact) mass is 380 g/mol. The Kier molecular flexibility index (Phi) is 6.74. The highest BCUT2D eigenvalue weighted by atomic mass is 16.3. The van der Waals surface area contributed by atoms with Crippen molar-refractivity contribution in [2.45, 2.75) is 57.7 Å². The average Bonchev–Trinajstić information content (AvgIpc) is 2.70. The van der Waals surface area contributed by atoms with Crippen molar-refractivity contribution in [2.24, 2.45) is 5.92 Å². The number of carbonyl (C=O) groups is 1. The number of aliphatic hydroxyl groups excluding tert-OH is 1. The molecule has 2 aromatic carbocycles. The highest BCUT2D eigenvalue weighted by molar-refractivity contribution is 5.78. The second kappa shape index (κ2) is 9.24. The van der Waals surface area contributed by atoms with E-state index in [9.17, 15) is 9.90 Å². The largest absolute Gasteiger partial charge is 0.389 e. The summed E-state index contributed by atoms with van der Waals surface area (Å²) in [6.07, 6.45) is 3.02. The molecule has 0 unspecified atom stereocenters. The number of aliphatic hydroxyl groups is 1. The summed E-state index contributed by atoms with van der Waals surface area (Å²) in [6, 6.07) is 18.5. The van der Waals surface area contributed by atoms with Crippen LogP contribution < -0.4 is 5.32 Å². The van der Waals surface area contributed by atoms with Gasteiger partial charge in [-0.25, -0.2) is 0 Å². The second-order valence-electron chi connectivity index (χ2n) is 8.16. The summed E-state index contributed by atoms with van der Waals surface area (Å²) in [5, 5.41) is 14.6. The van der Waals surface area contributed by atoms with Crippen molar-refractivity contribution < 1.29 is 9.90 Å². The number of benzene rings is 2. The Morgan fingerprint density at radius 1 is 1.11 bits per heavy atom. The Labute approximate surface area is 168 Å². The fourth-order valence-corrected chi connectivity index (χ4v) is 4.14. The van der Waals surface area contributed by atoms with Crippen molar-refractivity contribution in [1.29, 1.82) is 0 Å². The molecule has 1 aliphatic rings. The van der Waals surface area contributed by atoms with Crippen LogP contribution in [0.1, 0.15) is 44.2 Å². The van der Waals surface area contributed by atoms with Crippen molar-refractivity contribution >= 4 is 11.6 Å². The molecule has 28 heavy (non-hydrogen) atoms. The van der Waals surface area contributed by atoms with Gasteiger partial charge in [0.1, 0.15) is 0 Å². The minimum Gasteiger partial charge on any atom is -0.389 e. The minimum atomic E-state index is -0.578. The van der Waals surface area contributed by atoms with Gasteiger partial charge in [-0.2, -0.15) is 0 Å². The SMILES string of the molecule is CC(C)C(=O)N(C)[C@@H]1CCC[C@@H](Nc2ccccc2Cc2ccccc2)[C@@H]1O. The summed E-state index contributed by atoms with van der Waals surface area (Å²) in [6.45, 7) is 3.81. The van der Waals surface area contributed by atoms with Gasteiger partial charge >= 0.3 is 0 Å². The van der Waals surface area contributed by atoms with E-state index in [1.54, 1.807) is 4.90 Å². The summed E-state index contributed by atoms with van der Waals surface area (Å²) in [4.78, 5) is 14.2. The number of para-hydroxylation sites is 1. The molecule has 2 aromatic rings. The molecule has 0 aliphatic heterocycles. The number of anilines is 1. The maximum Gasteiger partial charge on any atom is 0.225 e. The number of carbonyl (C=O) groups excluding carboxylic acids is 1. The lowest BCUT2D eigenvalue weighted by molar-refractivity contribution is -0.138. The van der Waals surface area contributed by atoms with E-state index in [2.05, 4.69) is 47.8 Å². The van der Waals surface area contributed by atoms with Crippen LogP contribution in [0.2, 0.25) is 0 Å². The van der Waals surface area contributed by atoms with Crippen LogP contribution in [0.25, 0.3) is 0 Å². The fourth-order valence-electron chi connectivity index (χ4n) is 4.14. The Morgan fingerprint density at radius 2 is 1.79 bits per heavy atom. The molecule has 0 bridgehead atoms. The molecule has 0 saturated heterocycles. The van der Waals surface area contributed by atoms with Crippen molar-refractivity contribution in [3.8, 4) is 0 Å². The molecule has 1 aliphatic carbocycles. The predicted octanol–water partition coefficient (Wildman–Crippen LogP) is 4.09. The van der Waals surface area contributed by atoms with Crippen LogP contribution in [0, 0.1) is 5.92 Å². The number of likely N-dealkylation sites (N-methyl/N-ethyl adjacent to an activating group) is 1. The van der Waals surface area contributed by atoms with Crippen molar-refractivity contribution in [3.63, 3.8) is 0 Å². The van der Waals surface area contributed by atoms with Gasteiger partial charge in [-0.1, -0.05) is 62.4 Å². The maximum absolute atomic E-state index is 12.4. The number of nitrogens with one attached hydrogen (secondary N) is 1. The van der Waals surface area contributed by atoms with Crippen LogP contribution >= 0.6 is 0 Å². The lowest BCUT2D eigenvalue weighted by Gasteiger charge is -2.41. The highest BCUT2D eigenvalue weighted by Crippen LogP contribution is 2.28. The maximum atomic E-state index is 12.4. The van der Waals surface area contributed by atoms with Gasteiger partial charge in [-0.3, -0.25) is 4.79 Å². The van der Waals surface area contributed by atoms with Crippen LogP contribution in [-0.4, -0.2) is 41.1 Å². The topological polar surface area (TPSA) is 52.6 Å². The van der Waals surface area contributed by atoms with Crippen LogP contribution in [-0.2, 0) is 11.2 Å². The van der Waals surface area contributed by atoms with Gasteiger partial charge in [-0.15, -0.1) is 0 Å². The Hall–Kier alpha value is -2.33. The molecule has 2 N–H and O–H groups in total. The first kappa shape index (κ1) is 20.4. The number of rotatable bonds is 6. The van der Waals surface area contributed by atoms with Gasteiger partial charge in [0.05, 0.1) is 18.2 Å². The molecule has 0 spiro atoms. The first-order valence-electron chi connectivity index (χ1n) is 10.3. The third-order valence-corrected chi connectivity index (χ3v) is 5.76. The van der Waals surface area contributed by atoms with Gasteiger partial charge in [0, 0.05) is 18.7 Å². The molecule has 4 nitrogen and oxygen atoms in total. The quantitative estimate of drug-likeness (QED) is 0.794. The zero-order valence-corrected chi connectivity index (χ0v) is 17.1. The first-order chi connectivity index (χ1) is 13.5. The lowest BCUT2D eigenvalue weighted by atomic mass is 9.86. The zero-order valence-electron chi connectivity index (χ0n) is 17.1. The van der Waals surface area contributed by atoms with Gasteiger partial charge in [0.15, 0.2) is 0 Å². The summed E-state index contributed by atoms with van der Waals surface area (Å²) in [5.41, 5.74) is 3.55. The van der Waals surface area contributed by atoms with E-state index in [1.807, 2.05) is 33.0 Å². The number of hydrogen-bond donors (Lipinski definition) is 2. The van der Waals surface area contributed by atoms with Gasteiger partial charge in [-0.05, 0) is 42.9 Å². The minimum absolute atomic E-state index is 0.0573. The molecule has 3 atom stereocenters. The van der Waals surface area contributed by atoms with Crippen molar-refractivity contribution in [2.75, 3.05) is 12.4 Å². The van der Waals surface area contributed by atoms with Crippen molar-refractivity contribution in [1.82, 2.24) is 4.90 Å². The van der Waals surface area contributed by atoms with E-state index < -0.39 is 6.10 Å². The van der Waals surface area contributed by atoms with Crippen LogP contribution in [0.3, 0.4) is 0 Å². The van der Waals surface area contributed by atoms with E-state index in [1.165, 1.54) is 11.1 Å². The molecule has 0 aromatic heterocycles. The molecule has 3 rings (SSSR count). The summed E-state index contributed by atoms with van der Waals surface area (Å²) >= 11 is 0. The lowest BCUT2D eigenvalue weighted by Crippen LogP contribution is -2.54. The smallest absolute Gasteiger partial charge is 0.225 e. The van der Waals surface area contributed by atoms with Gasteiger partial charge in [0.2, 0.25) is 5.91 Å². The molecule has 0 heterocycles. The second-order valence-corrected chi connectivity index (χ2v) is 8.16. The highest BCUT2D eigenvalue weighted by Gasteiger charge is 2.36. The van der Waals surface area contributed by atoms with E-state index in [-0.39, 0.29) is 23.9 Å². The fraction of sp³-hybridized carbons (Fsp3) is 0.458. The van der Waals surface area contributed by atoms with Crippen molar-refractivity contribution in [3.05, 3.63) is 65.7 Å². The van der Waals surface area contributed by atoms with E-state index in [4.69, 9.17) is 0 Å². The van der Waals surface area contributed by atoms with Crippen LogP contribution in [0.15, 0.2) is 54.6 Å². The molecule has 0 radical (unpaired) electrons. The van der Waals surface area contributed by atoms with E-state index >= 15 is 0 Å². The third kappa shape index (κ3) is 4.74. The van der Waals surface area contributed by atoms with Crippen LogP contribution in [0.4, 0.5) is 5.69 Å². The Bertz CT molecular complexity index is 775. The molecule has 1 amide bonds. The number of amides is 1. The molecular formula is C24H32N2O2. The zero-order chi connectivity index (χ0) is 20.1. The summed E-state index contributed by atoms with van der Waals surface area (Å²) < 4.78 is 0. The van der Waals surface area contributed by atoms with Gasteiger partial charge in [0.25, 0.3) is 0 Å². The number of hydrogen-bond acceptors (Lipinski definition) is 3. The standard InChI is InChI=1S/C24H32N2O2/c1-17(2)24(28)26(3)22-15-9-14-21(23(22)27)25-20-13-8-7-12-19(20)16-18-10-5-4-6-11-18/h4-8,10-13,17,21-23,25,27H,9,14-16H2,1-3H3/t21-,22-,23+/m1/s1. The Morgan fingerprint density at radius 3 is 2.50 bits per heavy atom. The molecule has 4 heteroatoms. The first-order valence-corrected chi connectivity index (χ1v) is 10.3. The molecule has 1 fully saturated rings. The van der Waals surface area contributed by atoms with Crippen LogP contribution in [0.5, 0.6) is 0 Å². The van der Waals surface area contributed by atoms with E-state index in [0.29, 0.717) is 0 Å². The summed E-state index contributed by atoms with van der Waals surface area (Å²) in [5.74, 6) is 0.0336. The average molecular weight is 381 g/mol. The normalized spacial score (nSPS) is 22.1.